The number of carbonyl (C=O) groups is 1. The SMILES string of the molecule is COc1cc(CCN(C)C(=O)c2ccc(C)c(C)c2)cc(OC)c1OC. The van der Waals surface area contributed by atoms with Gasteiger partial charge in [-0.1, -0.05) is 6.07 Å². The van der Waals surface area contributed by atoms with Crippen molar-refractivity contribution < 1.29 is 19.0 Å². The standard InChI is InChI=1S/C21H27NO4/c1-14-7-8-17(11-15(14)2)21(23)22(3)10-9-16-12-18(24-4)20(26-6)19(13-16)25-5/h7-8,11-13H,9-10H2,1-6H3. The van der Waals surface area contributed by atoms with Gasteiger partial charge < -0.3 is 19.1 Å². The van der Waals surface area contributed by atoms with Crippen molar-refractivity contribution >= 4 is 5.91 Å². The Morgan fingerprint density at radius 2 is 1.54 bits per heavy atom. The van der Waals surface area contributed by atoms with Gasteiger partial charge in [-0.05, 0) is 61.2 Å². The van der Waals surface area contributed by atoms with Crippen LogP contribution in [0.15, 0.2) is 30.3 Å². The molecule has 0 N–H and O–H groups in total. The minimum absolute atomic E-state index is 0.0144. The number of methoxy groups -OCH3 is 3. The molecule has 0 fully saturated rings. The molecule has 0 aliphatic carbocycles. The van der Waals surface area contributed by atoms with E-state index in [1.165, 1.54) is 5.56 Å². The van der Waals surface area contributed by atoms with E-state index in [4.69, 9.17) is 14.2 Å². The molecule has 1 amide bonds. The molecule has 0 bridgehead atoms. The van der Waals surface area contributed by atoms with Crippen molar-refractivity contribution in [2.24, 2.45) is 0 Å². The molecule has 0 spiro atoms. The van der Waals surface area contributed by atoms with Gasteiger partial charge in [-0.15, -0.1) is 0 Å². The molecule has 0 heterocycles. The molecule has 0 saturated carbocycles. The molecular weight excluding hydrogens is 330 g/mol. The Morgan fingerprint density at radius 1 is 0.923 bits per heavy atom. The Hall–Kier alpha value is -2.69. The van der Waals surface area contributed by atoms with E-state index in [1.807, 2.05) is 51.2 Å². The van der Waals surface area contributed by atoms with Crippen LogP contribution >= 0.6 is 0 Å². The largest absolute Gasteiger partial charge is 0.493 e. The summed E-state index contributed by atoms with van der Waals surface area (Å²) in [5.41, 5.74) is 4.02. The second kappa shape index (κ2) is 8.61. The smallest absolute Gasteiger partial charge is 0.253 e. The lowest BCUT2D eigenvalue weighted by atomic mass is 10.1. The van der Waals surface area contributed by atoms with Gasteiger partial charge in [-0.3, -0.25) is 4.79 Å². The van der Waals surface area contributed by atoms with E-state index >= 15 is 0 Å². The van der Waals surface area contributed by atoms with Crippen molar-refractivity contribution in [1.82, 2.24) is 4.90 Å². The molecule has 0 unspecified atom stereocenters. The van der Waals surface area contributed by atoms with Crippen LogP contribution in [0, 0.1) is 13.8 Å². The minimum Gasteiger partial charge on any atom is -0.493 e. The Balaban J connectivity index is 2.12. The minimum atomic E-state index is 0.0144. The van der Waals surface area contributed by atoms with E-state index in [9.17, 15) is 4.79 Å². The molecule has 2 rings (SSSR count). The number of hydrogen-bond acceptors (Lipinski definition) is 4. The molecule has 0 aromatic heterocycles. The fourth-order valence-corrected chi connectivity index (χ4v) is 2.77. The van der Waals surface area contributed by atoms with E-state index in [2.05, 4.69) is 0 Å². The number of aryl methyl sites for hydroxylation is 2. The summed E-state index contributed by atoms with van der Waals surface area (Å²) in [7, 11) is 6.58. The third kappa shape index (κ3) is 4.28. The van der Waals surface area contributed by atoms with Gasteiger partial charge in [0.2, 0.25) is 5.75 Å². The summed E-state index contributed by atoms with van der Waals surface area (Å²) in [6, 6.07) is 9.62. The first kappa shape index (κ1) is 19.6. The molecule has 2 aromatic carbocycles. The lowest BCUT2D eigenvalue weighted by molar-refractivity contribution is 0.0796. The van der Waals surface area contributed by atoms with Gasteiger partial charge in [-0.2, -0.15) is 0 Å². The Morgan fingerprint density at radius 3 is 2.04 bits per heavy atom. The highest BCUT2D eigenvalue weighted by atomic mass is 16.5. The Labute approximate surface area is 155 Å². The maximum Gasteiger partial charge on any atom is 0.253 e. The zero-order valence-corrected chi connectivity index (χ0v) is 16.4. The van der Waals surface area contributed by atoms with Gasteiger partial charge in [0.05, 0.1) is 21.3 Å². The summed E-state index contributed by atoms with van der Waals surface area (Å²) in [5.74, 6) is 1.81. The number of amides is 1. The zero-order valence-electron chi connectivity index (χ0n) is 16.4. The van der Waals surface area contributed by atoms with Gasteiger partial charge in [0.1, 0.15) is 0 Å². The summed E-state index contributed by atoms with van der Waals surface area (Å²) in [6.45, 7) is 4.64. The molecule has 5 nitrogen and oxygen atoms in total. The van der Waals surface area contributed by atoms with Crippen LogP contribution in [0.25, 0.3) is 0 Å². The number of ether oxygens (including phenoxy) is 3. The lowest BCUT2D eigenvalue weighted by Crippen LogP contribution is -2.29. The first-order valence-corrected chi connectivity index (χ1v) is 8.52. The summed E-state index contributed by atoms with van der Waals surface area (Å²) in [4.78, 5) is 14.4. The zero-order chi connectivity index (χ0) is 19.3. The van der Waals surface area contributed by atoms with Crippen molar-refractivity contribution in [2.75, 3.05) is 34.9 Å². The van der Waals surface area contributed by atoms with Crippen LogP contribution < -0.4 is 14.2 Å². The fourth-order valence-electron chi connectivity index (χ4n) is 2.77. The maximum absolute atomic E-state index is 12.6. The fraction of sp³-hybridized carbons (Fsp3) is 0.381. The summed E-state index contributed by atoms with van der Waals surface area (Å²) < 4.78 is 16.1. The van der Waals surface area contributed by atoms with Gasteiger partial charge >= 0.3 is 0 Å². The van der Waals surface area contributed by atoms with Crippen LogP contribution in [0.3, 0.4) is 0 Å². The Bertz CT molecular complexity index is 761. The molecule has 0 aliphatic heterocycles. The molecule has 5 heteroatoms. The highest BCUT2D eigenvalue weighted by Gasteiger charge is 2.15. The maximum atomic E-state index is 12.6. The van der Waals surface area contributed by atoms with Gasteiger partial charge in [0, 0.05) is 19.2 Å². The van der Waals surface area contributed by atoms with E-state index in [0.29, 0.717) is 35.8 Å². The number of hydrogen-bond donors (Lipinski definition) is 0. The van der Waals surface area contributed by atoms with E-state index in [-0.39, 0.29) is 5.91 Å². The average molecular weight is 357 g/mol. The number of likely N-dealkylation sites (N-methyl/N-ethyl adjacent to an activating group) is 1. The Kier molecular flexibility index (Phi) is 6.50. The molecule has 0 saturated heterocycles. The first-order valence-electron chi connectivity index (χ1n) is 8.52. The normalized spacial score (nSPS) is 10.4. The molecule has 0 radical (unpaired) electrons. The van der Waals surface area contributed by atoms with E-state index < -0.39 is 0 Å². The lowest BCUT2D eigenvalue weighted by Gasteiger charge is -2.19. The molecule has 140 valence electrons. The van der Waals surface area contributed by atoms with Crippen molar-refractivity contribution in [3.8, 4) is 17.2 Å². The van der Waals surface area contributed by atoms with Crippen LogP contribution in [0.4, 0.5) is 0 Å². The topological polar surface area (TPSA) is 48.0 Å². The van der Waals surface area contributed by atoms with Crippen molar-refractivity contribution in [3.63, 3.8) is 0 Å². The van der Waals surface area contributed by atoms with Crippen molar-refractivity contribution in [3.05, 3.63) is 52.6 Å². The molecule has 0 atom stereocenters. The number of rotatable bonds is 7. The van der Waals surface area contributed by atoms with Crippen molar-refractivity contribution in [1.29, 1.82) is 0 Å². The second-order valence-electron chi connectivity index (χ2n) is 6.31. The molecule has 2 aromatic rings. The highest BCUT2D eigenvalue weighted by molar-refractivity contribution is 5.94. The molecule has 0 aliphatic rings. The highest BCUT2D eigenvalue weighted by Crippen LogP contribution is 2.38. The van der Waals surface area contributed by atoms with Gasteiger partial charge in [0.25, 0.3) is 5.91 Å². The molecular formula is C21H27NO4. The molecule has 26 heavy (non-hydrogen) atoms. The first-order chi connectivity index (χ1) is 12.4. The summed E-state index contributed by atoms with van der Waals surface area (Å²) >= 11 is 0. The van der Waals surface area contributed by atoms with E-state index in [1.54, 1.807) is 26.2 Å². The quantitative estimate of drug-likeness (QED) is 0.759. The van der Waals surface area contributed by atoms with Gasteiger partial charge in [0.15, 0.2) is 11.5 Å². The third-order valence-corrected chi connectivity index (χ3v) is 4.56. The van der Waals surface area contributed by atoms with Crippen LogP contribution in [0.5, 0.6) is 17.2 Å². The van der Waals surface area contributed by atoms with Crippen molar-refractivity contribution in [2.45, 2.75) is 20.3 Å². The third-order valence-electron chi connectivity index (χ3n) is 4.56. The second-order valence-corrected chi connectivity index (χ2v) is 6.31. The average Bonchev–Trinajstić information content (AvgIpc) is 2.66. The van der Waals surface area contributed by atoms with Crippen LogP contribution in [0.2, 0.25) is 0 Å². The van der Waals surface area contributed by atoms with E-state index in [0.717, 1.165) is 11.1 Å². The predicted octanol–water partition coefficient (Wildman–Crippen LogP) is 3.64. The number of carbonyl (C=O) groups excluding carboxylic acids is 1. The summed E-state index contributed by atoms with van der Waals surface area (Å²) in [5, 5.41) is 0. The number of benzene rings is 2. The predicted molar refractivity (Wildman–Crippen MR) is 103 cm³/mol. The van der Waals surface area contributed by atoms with Crippen LogP contribution in [0.1, 0.15) is 27.0 Å². The monoisotopic (exact) mass is 357 g/mol. The summed E-state index contributed by atoms with van der Waals surface area (Å²) in [6.07, 6.45) is 0.684. The number of nitrogens with zero attached hydrogens (tertiary/aromatic N) is 1. The van der Waals surface area contributed by atoms with Crippen LogP contribution in [-0.2, 0) is 6.42 Å². The van der Waals surface area contributed by atoms with Gasteiger partial charge in [-0.25, -0.2) is 0 Å². The van der Waals surface area contributed by atoms with Crippen LogP contribution in [-0.4, -0.2) is 45.7 Å².